The predicted molar refractivity (Wildman–Crippen MR) is 174 cm³/mol. The fraction of sp³-hybridized carbons (Fsp3) is 0.528. The first-order valence-corrected chi connectivity index (χ1v) is 16.2. The van der Waals surface area contributed by atoms with Gasteiger partial charge in [-0.2, -0.15) is 0 Å². The molecule has 10 nitrogen and oxygen atoms in total. The van der Waals surface area contributed by atoms with E-state index in [0.717, 1.165) is 38.2 Å². The Morgan fingerprint density at radius 3 is 2.48 bits per heavy atom. The highest BCUT2D eigenvalue weighted by molar-refractivity contribution is 6.21. The maximum absolute atomic E-state index is 13.1. The molecule has 0 unspecified atom stereocenters. The second kappa shape index (κ2) is 18.3. The van der Waals surface area contributed by atoms with E-state index in [-0.39, 0.29) is 35.9 Å². The Bertz CT molecular complexity index is 1310. The van der Waals surface area contributed by atoms with Crippen LogP contribution in [0.25, 0.3) is 0 Å². The second-order valence-electron chi connectivity index (χ2n) is 12.3. The zero-order valence-corrected chi connectivity index (χ0v) is 27.3. The van der Waals surface area contributed by atoms with Crippen LogP contribution in [0.1, 0.15) is 78.6 Å². The molecule has 0 aromatic heterocycles. The maximum atomic E-state index is 13.1. The average Bonchev–Trinajstić information content (AvgIpc) is 3.04. The van der Waals surface area contributed by atoms with Crippen LogP contribution in [-0.4, -0.2) is 65.9 Å². The van der Waals surface area contributed by atoms with Gasteiger partial charge in [-0.25, -0.2) is 4.79 Å². The molecule has 3 rings (SSSR count). The lowest BCUT2D eigenvalue weighted by Gasteiger charge is -2.29. The second-order valence-corrected chi connectivity index (χ2v) is 12.3. The highest BCUT2D eigenvalue weighted by atomic mass is 16.5. The summed E-state index contributed by atoms with van der Waals surface area (Å²) in [5.74, 6) is -2.59. The highest BCUT2D eigenvalue weighted by Gasteiger charge is 2.31. The number of allylic oxidation sites excluding steroid dienone is 8. The molecule has 0 aromatic rings. The Balaban J connectivity index is 1.79. The summed E-state index contributed by atoms with van der Waals surface area (Å²) in [6.07, 6.45) is 18.1. The van der Waals surface area contributed by atoms with E-state index in [1.807, 2.05) is 6.08 Å². The fourth-order valence-electron chi connectivity index (χ4n) is 5.73. The topological polar surface area (TPSA) is 148 Å². The van der Waals surface area contributed by atoms with Gasteiger partial charge in [0.15, 0.2) is 5.78 Å². The lowest BCUT2D eigenvalue weighted by Crippen LogP contribution is -2.45. The molecule has 5 atom stereocenters. The molecule has 0 radical (unpaired) electrons. The summed E-state index contributed by atoms with van der Waals surface area (Å²) in [4.78, 5) is 63.8. The zero-order chi connectivity index (χ0) is 33.6. The molecule has 0 spiro atoms. The van der Waals surface area contributed by atoms with Crippen molar-refractivity contribution in [2.24, 2.45) is 11.8 Å². The summed E-state index contributed by atoms with van der Waals surface area (Å²) < 4.78 is 11.3. The Morgan fingerprint density at radius 2 is 1.76 bits per heavy atom. The first-order chi connectivity index (χ1) is 22.0. The van der Waals surface area contributed by atoms with E-state index in [1.165, 1.54) is 13.2 Å². The van der Waals surface area contributed by atoms with Crippen molar-refractivity contribution >= 4 is 29.4 Å². The molecule has 2 aliphatic carbocycles. The molecular weight excluding hydrogens is 588 g/mol. The Kier molecular flexibility index (Phi) is 14.6. The molecule has 3 aliphatic rings. The van der Waals surface area contributed by atoms with Gasteiger partial charge in [0.2, 0.25) is 17.6 Å². The average molecular weight is 637 g/mol. The van der Waals surface area contributed by atoms with Gasteiger partial charge in [-0.05, 0) is 51.2 Å². The number of hydrogen-bond acceptors (Lipinski definition) is 8. The summed E-state index contributed by atoms with van der Waals surface area (Å²) in [7, 11) is 1.47. The summed E-state index contributed by atoms with van der Waals surface area (Å²) in [6.45, 7) is 5.16. The number of fused-ring (bicyclic) bond motifs is 2. The van der Waals surface area contributed by atoms with Crippen LogP contribution < -0.4 is 10.6 Å². The largest absolute Gasteiger partial charge is 0.460 e. The molecule has 2 bridgehead atoms. The van der Waals surface area contributed by atoms with E-state index in [1.54, 1.807) is 57.2 Å². The predicted octanol–water partition coefficient (Wildman–Crippen LogP) is 4.26. The molecule has 1 heterocycles. The number of esters is 1. The number of nitrogens with one attached hydrogen (secondary N) is 2. The maximum Gasteiger partial charge on any atom is 0.328 e. The van der Waals surface area contributed by atoms with Crippen LogP contribution in [0, 0.1) is 11.8 Å². The molecule has 2 amide bonds. The van der Waals surface area contributed by atoms with Gasteiger partial charge >= 0.3 is 5.97 Å². The van der Waals surface area contributed by atoms with Crippen molar-refractivity contribution in [2.45, 2.75) is 103 Å². The first-order valence-electron chi connectivity index (χ1n) is 16.2. The number of aliphatic hydroxyl groups excluding tert-OH is 1. The number of ether oxygens (including phenoxy) is 2. The van der Waals surface area contributed by atoms with Crippen LogP contribution in [0.5, 0.6) is 0 Å². The third-order valence-electron chi connectivity index (χ3n) is 8.65. The van der Waals surface area contributed by atoms with Crippen LogP contribution in [0.3, 0.4) is 0 Å². The van der Waals surface area contributed by atoms with E-state index < -0.39 is 53.7 Å². The van der Waals surface area contributed by atoms with E-state index in [4.69, 9.17) is 9.47 Å². The van der Waals surface area contributed by atoms with Gasteiger partial charge < -0.3 is 25.2 Å². The van der Waals surface area contributed by atoms with Crippen molar-refractivity contribution in [3.63, 3.8) is 0 Å². The van der Waals surface area contributed by atoms with Gasteiger partial charge in [0.05, 0.1) is 24.3 Å². The number of amides is 2. The molecule has 1 saturated carbocycles. The van der Waals surface area contributed by atoms with Crippen molar-refractivity contribution in [1.29, 1.82) is 0 Å². The van der Waals surface area contributed by atoms with Crippen LogP contribution in [0.2, 0.25) is 0 Å². The minimum Gasteiger partial charge on any atom is -0.460 e. The number of Topliss-reactive ketones (excluding diaryl/α,β-unsaturated/α-hetero) is 1. The van der Waals surface area contributed by atoms with E-state index in [2.05, 4.69) is 10.6 Å². The van der Waals surface area contributed by atoms with Gasteiger partial charge in [0.1, 0.15) is 12.1 Å². The molecule has 0 aromatic carbocycles. The van der Waals surface area contributed by atoms with Gasteiger partial charge in [-0.1, -0.05) is 68.7 Å². The third kappa shape index (κ3) is 11.2. The normalized spacial score (nSPS) is 29.8. The monoisotopic (exact) mass is 636 g/mol. The SMILES string of the molecule is CO[C@H]1/C=C/C=C\C=C\C[C@@H](OC(=O)[C@H](C)NC(=O)C2CCCCC2)[C@H](C)[C@@H](O)/C(C)=C\CCC2=CC(=O)C=C(NC(=O)C1)C2=O. The van der Waals surface area contributed by atoms with Crippen molar-refractivity contribution < 1.29 is 38.6 Å². The number of aliphatic hydroxyl groups is 1. The molecular formula is C36H48N2O8. The molecule has 1 fully saturated rings. The van der Waals surface area contributed by atoms with E-state index in [0.29, 0.717) is 18.4 Å². The number of ketones is 2. The lowest BCUT2D eigenvalue weighted by molar-refractivity contribution is -0.156. The van der Waals surface area contributed by atoms with Crippen LogP contribution in [0.15, 0.2) is 71.5 Å². The van der Waals surface area contributed by atoms with Crippen molar-refractivity contribution in [3.8, 4) is 0 Å². The lowest BCUT2D eigenvalue weighted by atomic mass is 9.88. The number of rotatable bonds is 5. The fourth-order valence-corrected chi connectivity index (χ4v) is 5.73. The minimum absolute atomic E-state index is 0.0567. The standard InChI is InChI=1S/C36H48N2O8/c1-23-14-13-17-27-20-28(39)21-30(34(27)42)38-32(40)22-29(45-4)18-11-6-5-7-12-19-31(24(2)33(23)41)46-36(44)25(3)37-35(43)26-15-9-8-10-16-26/h5-7,11-12,14,18,20-21,24-26,29,31,33,41H,8-10,13,15-17,19,22H2,1-4H3,(H,37,43)(H,38,40)/b6-5-,12-7+,18-11+,23-14-/t24-,25-,29-,31+,33-/m0/s1. The Labute approximate surface area is 271 Å². The minimum atomic E-state index is -0.968. The molecule has 0 saturated heterocycles. The van der Waals surface area contributed by atoms with Crippen LogP contribution in [-0.2, 0) is 33.4 Å². The number of carbonyl (C=O) groups excluding carboxylic acids is 5. The van der Waals surface area contributed by atoms with Crippen molar-refractivity contribution in [1.82, 2.24) is 10.6 Å². The number of methoxy groups -OCH3 is 1. The molecule has 10 heteroatoms. The van der Waals surface area contributed by atoms with Crippen LogP contribution >= 0.6 is 0 Å². The summed E-state index contributed by atoms with van der Waals surface area (Å²) >= 11 is 0. The van der Waals surface area contributed by atoms with Gasteiger partial charge in [0.25, 0.3) is 0 Å². The first kappa shape index (κ1) is 36.6. The van der Waals surface area contributed by atoms with E-state index in [9.17, 15) is 29.1 Å². The zero-order valence-electron chi connectivity index (χ0n) is 27.3. The highest BCUT2D eigenvalue weighted by Crippen LogP contribution is 2.25. The van der Waals surface area contributed by atoms with Crippen LogP contribution in [0.4, 0.5) is 0 Å². The molecule has 1 aliphatic heterocycles. The Hall–Kier alpha value is -3.89. The van der Waals surface area contributed by atoms with Gasteiger partial charge in [-0.15, -0.1) is 0 Å². The van der Waals surface area contributed by atoms with Gasteiger partial charge in [-0.3, -0.25) is 19.2 Å². The van der Waals surface area contributed by atoms with Crippen molar-refractivity contribution in [3.05, 3.63) is 71.5 Å². The third-order valence-corrected chi connectivity index (χ3v) is 8.65. The van der Waals surface area contributed by atoms with E-state index >= 15 is 0 Å². The summed E-state index contributed by atoms with van der Waals surface area (Å²) in [5.41, 5.74) is 0.803. The quantitative estimate of drug-likeness (QED) is 0.230. The summed E-state index contributed by atoms with van der Waals surface area (Å²) in [5, 5.41) is 16.6. The van der Waals surface area contributed by atoms with Gasteiger partial charge in [0, 0.05) is 37.0 Å². The number of hydrogen-bond donors (Lipinski definition) is 3. The smallest absolute Gasteiger partial charge is 0.328 e. The molecule has 250 valence electrons. The summed E-state index contributed by atoms with van der Waals surface area (Å²) in [6, 6.07) is -0.840. The molecule has 3 N–H and O–H groups in total. The Morgan fingerprint density at radius 1 is 1.04 bits per heavy atom. The number of carbonyl (C=O) groups is 5. The molecule has 46 heavy (non-hydrogen) atoms. The van der Waals surface area contributed by atoms with Crippen molar-refractivity contribution in [2.75, 3.05) is 7.11 Å².